The predicted octanol–water partition coefficient (Wildman–Crippen LogP) is 3.60. The molecule has 1 N–H and O–H groups in total. The standard InChI is InChI=1S/C21H18BrN5O2/c1-13-3-8-17(9-14(13)2)27-20-18(10-24-27)21(29)26(12-23-20)11-19(28)25-16-6-4-15(22)5-7-16/h3-10,12H,11H2,1-2H3,(H,25,28). The molecule has 0 aliphatic rings. The molecule has 1 amide bonds. The van der Waals surface area contributed by atoms with Crippen molar-refractivity contribution in [1.82, 2.24) is 19.3 Å². The smallest absolute Gasteiger partial charge is 0.264 e. The van der Waals surface area contributed by atoms with E-state index in [1.807, 2.05) is 44.2 Å². The quantitative estimate of drug-likeness (QED) is 0.513. The van der Waals surface area contributed by atoms with Gasteiger partial charge < -0.3 is 5.32 Å². The van der Waals surface area contributed by atoms with E-state index in [1.165, 1.54) is 22.7 Å². The van der Waals surface area contributed by atoms with E-state index in [4.69, 9.17) is 0 Å². The average molecular weight is 452 g/mol. The van der Waals surface area contributed by atoms with Gasteiger partial charge in [-0.1, -0.05) is 22.0 Å². The number of fused-ring (bicyclic) bond motifs is 1. The Morgan fingerprint density at radius 1 is 1.10 bits per heavy atom. The molecule has 146 valence electrons. The van der Waals surface area contributed by atoms with Crippen LogP contribution in [-0.4, -0.2) is 25.2 Å². The normalized spacial score (nSPS) is 11.0. The van der Waals surface area contributed by atoms with Gasteiger partial charge in [-0.25, -0.2) is 9.67 Å². The molecule has 0 aliphatic heterocycles. The van der Waals surface area contributed by atoms with Gasteiger partial charge >= 0.3 is 0 Å². The van der Waals surface area contributed by atoms with Crippen LogP contribution in [-0.2, 0) is 11.3 Å². The number of anilines is 1. The molecule has 0 unspecified atom stereocenters. The maximum absolute atomic E-state index is 12.8. The summed E-state index contributed by atoms with van der Waals surface area (Å²) in [6.07, 6.45) is 2.87. The number of aromatic nitrogens is 4. The minimum absolute atomic E-state index is 0.132. The number of nitrogens with zero attached hydrogens (tertiary/aromatic N) is 4. The molecule has 0 atom stereocenters. The fraction of sp³-hybridized carbons (Fsp3) is 0.143. The molecule has 0 bridgehead atoms. The van der Waals surface area contributed by atoms with Gasteiger partial charge in [0.15, 0.2) is 5.65 Å². The van der Waals surface area contributed by atoms with Crippen molar-refractivity contribution in [2.24, 2.45) is 0 Å². The molecule has 29 heavy (non-hydrogen) atoms. The van der Waals surface area contributed by atoms with Crippen molar-refractivity contribution in [3.8, 4) is 5.69 Å². The second-order valence-electron chi connectivity index (χ2n) is 6.79. The highest BCUT2D eigenvalue weighted by Crippen LogP contribution is 2.17. The molecule has 0 spiro atoms. The molecule has 0 fully saturated rings. The molecule has 2 heterocycles. The minimum Gasteiger partial charge on any atom is -0.325 e. The van der Waals surface area contributed by atoms with Gasteiger partial charge in [-0.15, -0.1) is 0 Å². The maximum atomic E-state index is 12.8. The number of rotatable bonds is 4. The van der Waals surface area contributed by atoms with E-state index in [0.29, 0.717) is 16.7 Å². The van der Waals surface area contributed by atoms with Crippen LogP contribution in [0.15, 0.2) is 64.3 Å². The van der Waals surface area contributed by atoms with E-state index >= 15 is 0 Å². The van der Waals surface area contributed by atoms with Gasteiger partial charge in [-0.2, -0.15) is 5.10 Å². The lowest BCUT2D eigenvalue weighted by Crippen LogP contribution is -2.27. The van der Waals surface area contributed by atoms with Crippen molar-refractivity contribution in [2.45, 2.75) is 20.4 Å². The van der Waals surface area contributed by atoms with Crippen molar-refractivity contribution in [3.63, 3.8) is 0 Å². The first-order chi connectivity index (χ1) is 13.9. The van der Waals surface area contributed by atoms with Crippen LogP contribution in [0.5, 0.6) is 0 Å². The molecular formula is C21H18BrN5O2. The van der Waals surface area contributed by atoms with Gasteiger partial charge in [0.25, 0.3) is 5.56 Å². The third-order valence-corrected chi connectivity index (χ3v) is 5.26. The largest absolute Gasteiger partial charge is 0.325 e. The van der Waals surface area contributed by atoms with E-state index in [-0.39, 0.29) is 18.0 Å². The molecule has 4 rings (SSSR count). The van der Waals surface area contributed by atoms with E-state index in [9.17, 15) is 9.59 Å². The average Bonchev–Trinajstić information content (AvgIpc) is 3.13. The molecular weight excluding hydrogens is 434 g/mol. The lowest BCUT2D eigenvalue weighted by molar-refractivity contribution is -0.116. The summed E-state index contributed by atoms with van der Waals surface area (Å²) in [5, 5.41) is 7.46. The molecule has 2 aromatic carbocycles. The van der Waals surface area contributed by atoms with Gasteiger partial charge in [-0.3, -0.25) is 14.2 Å². The number of amides is 1. The van der Waals surface area contributed by atoms with Gasteiger partial charge in [0.05, 0.1) is 11.9 Å². The molecule has 0 saturated carbocycles. The van der Waals surface area contributed by atoms with Gasteiger partial charge in [0.1, 0.15) is 18.3 Å². The SMILES string of the molecule is Cc1ccc(-n2ncc3c(=O)n(CC(=O)Nc4ccc(Br)cc4)cnc32)cc1C. The summed E-state index contributed by atoms with van der Waals surface area (Å²) < 4.78 is 3.83. The van der Waals surface area contributed by atoms with Gasteiger partial charge in [0, 0.05) is 10.2 Å². The van der Waals surface area contributed by atoms with Crippen LogP contribution < -0.4 is 10.9 Å². The summed E-state index contributed by atoms with van der Waals surface area (Å²) in [5.41, 5.74) is 3.95. The second-order valence-corrected chi connectivity index (χ2v) is 7.71. The van der Waals surface area contributed by atoms with Crippen molar-refractivity contribution >= 4 is 38.6 Å². The van der Waals surface area contributed by atoms with Gasteiger partial charge in [-0.05, 0) is 61.4 Å². The molecule has 2 aromatic heterocycles. The number of nitrogens with one attached hydrogen (secondary N) is 1. The lowest BCUT2D eigenvalue weighted by Gasteiger charge is -2.08. The van der Waals surface area contributed by atoms with Crippen LogP contribution in [0.1, 0.15) is 11.1 Å². The number of hydrogen-bond donors (Lipinski definition) is 1. The van der Waals surface area contributed by atoms with E-state index < -0.39 is 0 Å². The van der Waals surface area contributed by atoms with E-state index in [2.05, 4.69) is 31.3 Å². The first-order valence-corrected chi connectivity index (χ1v) is 9.78. The van der Waals surface area contributed by atoms with E-state index in [0.717, 1.165) is 15.7 Å². The highest BCUT2D eigenvalue weighted by atomic mass is 79.9. The van der Waals surface area contributed by atoms with Crippen molar-refractivity contribution in [1.29, 1.82) is 0 Å². The van der Waals surface area contributed by atoms with Crippen LogP contribution in [0.4, 0.5) is 5.69 Å². The third-order valence-electron chi connectivity index (χ3n) is 4.73. The summed E-state index contributed by atoms with van der Waals surface area (Å²) in [6.45, 7) is 3.93. The van der Waals surface area contributed by atoms with Crippen LogP contribution in [0, 0.1) is 13.8 Å². The number of aryl methyl sites for hydroxylation is 2. The Morgan fingerprint density at radius 3 is 2.59 bits per heavy atom. The fourth-order valence-electron chi connectivity index (χ4n) is 3.00. The van der Waals surface area contributed by atoms with Crippen molar-refractivity contribution in [3.05, 3.63) is 80.9 Å². The zero-order chi connectivity index (χ0) is 20.5. The summed E-state index contributed by atoms with van der Waals surface area (Å²) in [4.78, 5) is 29.5. The second kappa shape index (κ2) is 7.63. The number of carbonyl (C=O) groups is 1. The lowest BCUT2D eigenvalue weighted by atomic mass is 10.1. The number of hydrogen-bond acceptors (Lipinski definition) is 4. The molecule has 8 heteroatoms. The summed E-state index contributed by atoms with van der Waals surface area (Å²) >= 11 is 3.35. The Hall–Kier alpha value is -3.26. The molecule has 0 radical (unpaired) electrons. The van der Waals surface area contributed by atoms with Crippen LogP contribution in [0.2, 0.25) is 0 Å². The zero-order valence-corrected chi connectivity index (χ0v) is 17.5. The Balaban J connectivity index is 1.61. The van der Waals surface area contributed by atoms with Crippen LogP contribution >= 0.6 is 15.9 Å². The molecule has 4 aromatic rings. The van der Waals surface area contributed by atoms with E-state index in [1.54, 1.807) is 16.8 Å². The Kier molecular flexibility index (Phi) is 5.02. The third kappa shape index (κ3) is 3.84. The highest BCUT2D eigenvalue weighted by molar-refractivity contribution is 9.10. The Labute approximate surface area is 175 Å². The first-order valence-electron chi connectivity index (χ1n) is 8.98. The number of carbonyl (C=O) groups excluding carboxylic acids is 1. The molecule has 7 nitrogen and oxygen atoms in total. The summed E-state index contributed by atoms with van der Waals surface area (Å²) in [7, 11) is 0. The fourth-order valence-corrected chi connectivity index (χ4v) is 3.26. The zero-order valence-electron chi connectivity index (χ0n) is 15.9. The van der Waals surface area contributed by atoms with Crippen molar-refractivity contribution in [2.75, 3.05) is 5.32 Å². The molecule has 0 saturated heterocycles. The van der Waals surface area contributed by atoms with Crippen LogP contribution in [0.25, 0.3) is 16.7 Å². The highest BCUT2D eigenvalue weighted by Gasteiger charge is 2.13. The maximum Gasteiger partial charge on any atom is 0.264 e. The summed E-state index contributed by atoms with van der Waals surface area (Å²) in [6, 6.07) is 13.2. The van der Waals surface area contributed by atoms with Gasteiger partial charge in [0.2, 0.25) is 5.91 Å². The predicted molar refractivity (Wildman–Crippen MR) is 115 cm³/mol. The summed E-state index contributed by atoms with van der Waals surface area (Å²) in [5.74, 6) is -0.308. The topological polar surface area (TPSA) is 81.8 Å². The van der Waals surface area contributed by atoms with Crippen LogP contribution in [0.3, 0.4) is 0 Å². The Morgan fingerprint density at radius 2 is 1.86 bits per heavy atom. The number of halogens is 1. The number of benzene rings is 2. The molecule has 0 aliphatic carbocycles. The monoisotopic (exact) mass is 451 g/mol. The first kappa shape index (κ1) is 19.1. The minimum atomic E-state index is -0.309. The Bertz CT molecular complexity index is 1270. The van der Waals surface area contributed by atoms with Crippen molar-refractivity contribution < 1.29 is 4.79 Å².